The summed E-state index contributed by atoms with van der Waals surface area (Å²) in [6.07, 6.45) is -0.525. The molecule has 0 fully saturated rings. The van der Waals surface area contributed by atoms with Crippen molar-refractivity contribution < 1.29 is 14.3 Å². The Morgan fingerprint density at radius 3 is 2.57 bits per heavy atom. The van der Waals surface area contributed by atoms with Crippen molar-refractivity contribution >= 4 is 35.0 Å². The van der Waals surface area contributed by atoms with Crippen molar-refractivity contribution in [1.29, 1.82) is 0 Å². The number of carbonyl (C=O) groups is 1. The summed E-state index contributed by atoms with van der Waals surface area (Å²) in [7, 11) is 0. The molecule has 0 saturated carbocycles. The number of ether oxygens (including phenoxy) is 2. The molecule has 0 heterocycles. The van der Waals surface area contributed by atoms with Crippen molar-refractivity contribution in [1.82, 2.24) is 0 Å². The van der Waals surface area contributed by atoms with Crippen LogP contribution in [0.4, 0.5) is 10.5 Å². The molecule has 0 bridgehead atoms. The highest BCUT2D eigenvalue weighted by Crippen LogP contribution is 2.27. The first-order valence-electron chi connectivity index (χ1n) is 7.04. The number of benzene rings is 2. The molecule has 0 aromatic heterocycles. The van der Waals surface area contributed by atoms with Crippen LogP contribution < -0.4 is 10.1 Å². The molecule has 1 N–H and O–H groups in total. The number of aryl methyl sites for hydroxylation is 2. The number of amides is 1. The number of rotatable bonds is 5. The first-order valence-corrected chi connectivity index (χ1v) is 7.80. The maximum atomic E-state index is 11.7. The molecule has 6 heteroatoms. The van der Waals surface area contributed by atoms with Gasteiger partial charge in [0.05, 0.1) is 5.02 Å². The first kappa shape index (κ1) is 17.4. The summed E-state index contributed by atoms with van der Waals surface area (Å²) in [4.78, 5) is 11.7. The molecule has 4 nitrogen and oxygen atoms in total. The zero-order chi connectivity index (χ0) is 16.8. The van der Waals surface area contributed by atoms with Gasteiger partial charge in [0, 0.05) is 10.7 Å². The van der Waals surface area contributed by atoms with Crippen molar-refractivity contribution in [3.05, 3.63) is 57.6 Å². The summed E-state index contributed by atoms with van der Waals surface area (Å²) in [5.41, 5.74) is 2.84. The van der Waals surface area contributed by atoms with E-state index in [0.29, 0.717) is 15.8 Å². The molecular weight excluding hydrogens is 337 g/mol. The van der Waals surface area contributed by atoms with Gasteiger partial charge in [-0.05, 0) is 43.7 Å². The van der Waals surface area contributed by atoms with E-state index in [-0.39, 0.29) is 13.2 Å². The minimum Gasteiger partial charge on any atom is -0.488 e. The second-order valence-corrected chi connectivity index (χ2v) is 5.85. The molecule has 0 aliphatic rings. The van der Waals surface area contributed by atoms with Crippen molar-refractivity contribution in [2.45, 2.75) is 13.8 Å². The summed E-state index contributed by atoms with van der Waals surface area (Å²) in [6, 6.07) is 10.7. The molecule has 2 aromatic carbocycles. The monoisotopic (exact) mass is 353 g/mol. The van der Waals surface area contributed by atoms with E-state index in [1.165, 1.54) is 0 Å². The van der Waals surface area contributed by atoms with Crippen LogP contribution >= 0.6 is 23.2 Å². The maximum Gasteiger partial charge on any atom is 0.411 e. The van der Waals surface area contributed by atoms with E-state index in [2.05, 4.69) is 5.32 Å². The predicted molar refractivity (Wildman–Crippen MR) is 92.8 cm³/mol. The number of hydrogen-bond acceptors (Lipinski definition) is 3. The van der Waals surface area contributed by atoms with Crippen LogP contribution in [0.15, 0.2) is 36.4 Å². The molecule has 0 radical (unpaired) electrons. The van der Waals surface area contributed by atoms with Gasteiger partial charge in [0.2, 0.25) is 0 Å². The Hall–Kier alpha value is -1.91. The average Bonchev–Trinajstić information content (AvgIpc) is 2.48. The Labute approximate surface area is 145 Å². The summed E-state index contributed by atoms with van der Waals surface area (Å²) in [5.74, 6) is 0.495. The van der Waals surface area contributed by atoms with Crippen LogP contribution in [0.3, 0.4) is 0 Å². The van der Waals surface area contributed by atoms with Gasteiger partial charge < -0.3 is 9.47 Å². The highest BCUT2D eigenvalue weighted by atomic mass is 35.5. The topological polar surface area (TPSA) is 47.6 Å². The van der Waals surface area contributed by atoms with Gasteiger partial charge in [-0.3, -0.25) is 5.32 Å². The summed E-state index contributed by atoms with van der Waals surface area (Å²) in [6.45, 7) is 4.22. The van der Waals surface area contributed by atoms with Gasteiger partial charge >= 0.3 is 6.09 Å². The normalized spacial score (nSPS) is 10.3. The summed E-state index contributed by atoms with van der Waals surface area (Å²) < 4.78 is 10.5. The van der Waals surface area contributed by atoms with Gasteiger partial charge in [-0.1, -0.05) is 40.9 Å². The van der Waals surface area contributed by atoms with Crippen molar-refractivity contribution in [2.24, 2.45) is 0 Å². The van der Waals surface area contributed by atoms with Crippen molar-refractivity contribution in [2.75, 3.05) is 18.5 Å². The van der Waals surface area contributed by atoms with E-state index in [1.54, 1.807) is 18.2 Å². The Bertz CT molecular complexity index is 704. The van der Waals surface area contributed by atoms with E-state index in [0.717, 1.165) is 16.8 Å². The Balaban J connectivity index is 1.76. The second-order valence-electron chi connectivity index (χ2n) is 5.00. The predicted octanol–water partition coefficient (Wildman–Crippen LogP) is 5.24. The number of carbonyl (C=O) groups excluding carboxylic acids is 1. The van der Waals surface area contributed by atoms with Crippen LogP contribution in [-0.2, 0) is 4.74 Å². The number of hydrogen-bond donors (Lipinski definition) is 1. The lowest BCUT2D eigenvalue weighted by Crippen LogP contribution is -2.18. The van der Waals surface area contributed by atoms with Crippen LogP contribution in [0.1, 0.15) is 11.1 Å². The molecular formula is C17H17Cl2NO3. The van der Waals surface area contributed by atoms with E-state index < -0.39 is 6.09 Å². The molecule has 2 rings (SSSR count). The van der Waals surface area contributed by atoms with Crippen molar-refractivity contribution in [3.8, 4) is 5.75 Å². The lowest BCUT2D eigenvalue weighted by atomic mass is 10.1. The van der Waals surface area contributed by atoms with Gasteiger partial charge in [0.15, 0.2) is 0 Å². The fourth-order valence-corrected chi connectivity index (χ4v) is 2.44. The third-order valence-electron chi connectivity index (χ3n) is 3.09. The zero-order valence-electron chi connectivity index (χ0n) is 12.9. The SMILES string of the molecule is Cc1ccc(NC(=O)OCCOc2ccc(Cl)cc2Cl)c(C)c1. The van der Waals surface area contributed by atoms with Gasteiger partial charge in [-0.25, -0.2) is 4.79 Å². The third-order valence-corrected chi connectivity index (χ3v) is 3.62. The largest absolute Gasteiger partial charge is 0.488 e. The highest BCUT2D eigenvalue weighted by molar-refractivity contribution is 6.35. The van der Waals surface area contributed by atoms with Crippen LogP contribution in [-0.4, -0.2) is 19.3 Å². The molecule has 0 saturated heterocycles. The minimum absolute atomic E-state index is 0.107. The fraction of sp³-hybridized carbons (Fsp3) is 0.235. The van der Waals surface area contributed by atoms with E-state index in [4.69, 9.17) is 32.7 Å². The smallest absolute Gasteiger partial charge is 0.411 e. The molecule has 2 aromatic rings. The molecule has 0 aliphatic carbocycles. The standard InChI is InChI=1S/C17H17Cl2NO3/c1-11-3-5-15(12(2)9-11)20-17(21)23-8-7-22-16-6-4-13(18)10-14(16)19/h3-6,9-10H,7-8H2,1-2H3,(H,20,21). The van der Waals surface area contributed by atoms with Crippen molar-refractivity contribution in [3.63, 3.8) is 0 Å². The lowest BCUT2D eigenvalue weighted by molar-refractivity contribution is 0.138. The third kappa shape index (κ3) is 5.34. The summed E-state index contributed by atoms with van der Waals surface area (Å²) in [5, 5.41) is 3.64. The van der Waals surface area contributed by atoms with E-state index in [1.807, 2.05) is 32.0 Å². The van der Waals surface area contributed by atoms with Crippen LogP contribution in [0.2, 0.25) is 10.0 Å². The molecule has 1 amide bonds. The Morgan fingerprint density at radius 2 is 1.87 bits per heavy atom. The minimum atomic E-state index is -0.525. The Kier molecular flexibility index (Phi) is 6.13. The lowest BCUT2D eigenvalue weighted by Gasteiger charge is -2.11. The zero-order valence-corrected chi connectivity index (χ0v) is 14.4. The second kappa shape index (κ2) is 8.09. The van der Waals surface area contributed by atoms with Gasteiger partial charge in [-0.2, -0.15) is 0 Å². The van der Waals surface area contributed by atoms with Crippen LogP contribution in [0, 0.1) is 13.8 Å². The number of nitrogens with one attached hydrogen (secondary N) is 1. The Morgan fingerprint density at radius 1 is 1.09 bits per heavy atom. The molecule has 0 spiro atoms. The molecule has 122 valence electrons. The number of halogens is 2. The van der Waals surface area contributed by atoms with E-state index in [9.17, 15) is 4.79 Å². The van der Waals surface area contributed by atoms with Crippen LogP contribution in [0.5, 0.6) is 5.75 Å². The van der Waals surface area contributed by atoms with Gasteiger partial charge in [0.25, 0.3) is 0 Å². The molecule has 0 unspecified atom stereocenters. The molecule has 0 aliphatic heterocycles. The van der Waals surface area contributed by atoms with Gasteiger partial charge in [0.1, 0.15) is 19.0 Å². The van der Waals surface area contributed by atoms with E-state index >= 15 is 0 Å². The highest BCUT2D eigenvalue weighted by Gasteiger charge is 2.07. The maximum absolute atomic E-state index is 11.7. The average molecular weight is 354 g/mol. The molecule has 0 atom stereocenters. The van der Waals surface area contributed by atoms with Crippen LogP contribution in [0.25, 0.3) is 0 Å². The van der Waals surface area contributed by atoms with Gasteiger partial charge in [-0.15, -0.1) is 0 Å². The summed E-state index contributed by atoms with van der Waals surface area (Å²) >= 11 is 11.8. The first-order chi connectivity index (χ1) is 11.0. The quantitative estimate of drug-likeness (QED) is 0.747. The molecule has 23 heavy (non-hydrogen) atoms. The number of anilines is 1. The fourth-order valence-electron chi connectivity index (χ4n) is 1.98.